The fourth-order valence-corrected chi connectivity index (χ4v) is 3.18. The lowest BCUT2D eigenvalue weighted by atomic mass is 9.87. The Balaban J connectivity index is 1.83. The van der Waals surface area contributed by atoms with Crippen molar-refractivity contribution < 1.29 is 19.5 Å². The molecule has 1 aliphatic rings. The van der Waals surface area contributed by atoms with Crippen LogP contribution in [0.1, 0.15) is 23.7 Å². The van der Waals surface area contributed by atoms with E-state index in [9.17, 15) is 19.6 Å². The largest absolute Gasteiger partial charge is 0.480 e. The molecule has 0 radical (unpaired) electrons. The number of nitriles is 1. The van der Waals surface area contributed by atoms with Gasteiger partial charge in [0.1, 0.15) is 17.1 Å². The van der Waals surface area contributed by atoms with Crippen molar-refractivity contribution in [2.24, 2.45) is 5.73 Å². The molecule has 0 spiro atoms. The van der Waals surface area contributed by atoms with Gasteiger partial charge in [0.25, 0.3) is 5.91 Å². The number of hydrogen-bond acceptors (Lipinski definition) is 6. The molecule has 1 aromatic heterocycles. The number of benzene rings is 1. The van der Waals surface area contributed by atoms with Crippen LogP contribution in [-0.4, -0.2) is 56.8 Å². The second-order valence-electron chi connectivity index (χ2n) is 7.12. The van der Waals surface area contributed by atoms with Gasteiger partial charge in [-0.25, -0.2) is 4.79 Å². The number of para-hydroxylation sites is 1. The molecule has 1 atom stereocenters. The van der Waals surface area contributed by atoms with Crippen molar-refractivity contribution in [3.8, 4) is 6.07 Å². The highest BCUT2D eigenvalue weighted by molar-refractivity contribution is 5.98. The molecule has 11 nitrogen and oxygen atoms in total. The van der Waals surface area contributed by atoms with Gasteiger partial charge in [0.2, 0.25) is 0 Å². The summed E-state index contributed by atoms with van der Waals surface area (Å²) < 4.78 is 1.48. The average molecular weight is 411 g/mol. The van der Waals surface area contributed by atoms with Crippen LogP contribution >= 0.6 is 0 Å². The second kappa shape index (κ2) is 8.12. The predicted octanol–water partition coefficient (Wildman–Crippen LogP) is 0.833. The van der Waals surface area contributed by atoms with Crippen molar-refractivity contribution >= 4 is 29.4 Å². The zero-order valence-electron chi connectivity index (χ0n) is 16.2. The number of carbonyl (C=O) groups is 3. The van der Waals surface area contributed by atoms with Crippen LogP contribution in [0.15, 0.2) is 36.5 Å². The van der Waals surface area contributed by atoms with E-state index in [1.54, 1.807) is 12.1 Å². The molecule has 2 heterocycles. The molecule has 0 saturated carbocycles. The first-order valence-corrected chi connectivity index (χ1v) is 9.13. The summed E-state index contributed by atoms with van der Waals surface area (Å²) in [5, 5.41) is 28.1. The first-order valence-electron chi connectivity index (χ1n) is 9.13. The van der Waals surface area contributed by atoms with Crippen molar-refractivity contribution in [1.82, 2.24) is 20.0 Å². The van der Waals surface area contributed by atoms with E-state index in [0.29, 0.717) is 5.69 Å². The fourth-order valence-electron chi connectivity index (χ4n) is 3.18. The molecule has 0 aliphatic carbocycles. The standard InChI is InChI=1S/C19H21N7O4/c1-12(17(28)29)22-18(30)25-10-19(11-25,7-8-20)26-9-14(15(21)27)16(24-26)23-13-5-3-2-4-6-13/h2-6,9,12H,7,10-11H2,1H3,(H2,21,27)(H,22,30)(H,23,24)(H,28,29)/t12-/m0/s1. The zero-order valence-corrected chi connectivity index (χ0v) is 16.2. The minimum absolute atomic E-state index is 0.0376. The highest BCUT2D eigenvalue weighted by atomic mass is 16.4. The molecule has 1 aromatic carbocycles. The van der Waals surface area contributed by atoms with Crippen LogP contribution in [0.2, 0.25) is 0 Å². The van der Waals surface area contributed by atoms with Gasteiger partial charge in [0.15, 0.2) is 5.82 Å². The average Bonchev–Trinajstić information content (AvgIpc) is 3.09. The Morgan fingerprint density at radius 3 is 2.57 bits per heavy atom. The third-order valence-electron chi connectivity index (χ3n) is 4.88. The molecule has 5 N–H and O–H groups in total. The molecular formula is C19H21N7O4. The first kappa shape index (κ1) is 20.7. The number of anilines is 2. The van der Waals surface area contributed by atoms with Gasteiger partial charge >= 0.3 is 12.0 Å². The lowest BCUT2D eigenvalue weighted by Gasteiger charge is -2.48. The Morgan fingerprint density at radius 2 is 2.00 bits per heavy atom. The van der Waals surface area contributed by atoms with Crippen molar-refractivity contribution in [2.75, 3.05) is 18.4 Å². The van der Waals surface area contributed by atoms with Crippen LogP contribution in [0.25, 0.3) is 0 Å². The lowest BCUT2D eigenvalue weighted by Crippen LogP contribution is -2.66. The van der Waals surface area contributed by atoms with Crippen LogP contribution in [0.5, 0.6) is 0 Å². The predicted molar refractivity (Wildman–Crippen MR) is 106 cm³/mol. The number of hydrogen-bond donors (Lipinski definition) is 4. The number of carboxylic acid groups (broad SMARTS) is 1. The molecule has 0 bridgehead atoms. The zero-order chi connectivity index (χ0) is 21.9. The molecule has 156 valence electrons. The normalized spacial score (nSPS) is 15.4. The Bertz CT molecular complexity index is 1010. The number of primary amides is 1. The molecule has 1 aliphatic heterocycles. The molecule has 3 amide bonds. The van der Waals surface area contributed by atoms with E-state index < -0.39 is 29.5 Å². The molecule has 1 fully saturated rings. The summed E-state index contributed by atoms with van der Waals surface area (Å²) in [5.41, 5.74) is 5.50. The Labute approximate surface area is 172 Å². The summed E-state index contributed by atoms with van der Waals surface area (Å²) in [7, 11) is 0. The molecule has 3 rings (SSSR count). The number of aliphatic carboxylic acids is 1. The summed E-state index contributed by atoms with van der Waals surface area (Å²) >= 11 is 0. The number of nitrogens with one attached hydrogen (secondary N) is 2. The maximum Gasteiger partial charge on any atom is 0.325 e. The maximum absolute atomic E-state index is 12.2. The number of nitrogens with zero attached hydrogens (tertiary/aromatic N) is 4. The summed E-state index contributed by atoms with van der Waals surface area (Å²) in [6.45, 7) is 1.61. The highest BCUT2D eigenvalue weighted by Crippen LogP contribution is 2.34. The van der Waals surface area contributed by atoms with Gasteiger partial charge in [-0.1, -0.05) is 18.2 Å². The van der Waals surface area contributed by atoms with Crippen LogP contribution in [0.4, 0.5) is 16.3 Å². The topological polar surface area (TPSA) is 166 Å². The van der Waals surface area contributed by atoms with E-state index in [1.807, 2.05) is 18.2 Å². The number of urea groups is 1. The number of likely N-dealkylation sites (tertiary alicyclic amines) is 1. The minimum Gasteiger partial charge on any atom is -0.480 e. The van der Waals surface area contributed by atoms with Crippen LogP contribution in [0, 0.1) is 11.3 Å². The van der Waals surface area contributed by atoms with Crippen molar-refractivity contribution in [1.29, 1.82) is 5.26 Å². The van der Waals surface area contributed by atoms with Gasteiger partial charge in [-0.15, -0.1) is 0 Å². The Morgan fingerprint density at radius 1 is 1.33 bits per heavy atom. The second-order valence-corrected chi connectivity index (χ2v) is 7.12. The van der Waals surface area contributed by atoms with Gasteiger partial charge in [-0.05, 0) is 19.1 Å². The first-order chi connectivity index (χ1) is 14.3. The third kappa shape index (κ3) is 4.02. The molecule has 1 saturated heterocycles. The number of nitrogens with two attached hydrogens (primary N) is 1. The van der Waals surface area contributed by atoms with E-state index in [4.69, 9.17) is 10.8 Å². The van der Waals surface area contributed by atoms with Gasteiger partial charge in [-0.2, -0.15) is 10.4 Å². The number of carboxylic acids is 1. The van der Waals surface area contributed by atoms with Gasteiger partial charge < -0.3 is 26.4 Å². The summed E-state index contributed by atoms with van der Waals surface area (Å²) in [6.07, 6.45) is 1.50. The monoisotopic (exact) mass is 411 g/mol. The summed E-state index contributed by atoms with van der Waals surface area (Å²) in [5.74, 6) is -1.59. The quantitative estimate of drug-likeness (QED) is 0.523. The van der Waals surface area contributed by atoms with Gasteiger partial charge in [0.05, 0.1) is 25.6 Å². The lowest BCUT2D eigenvalue weighted by molar-refractivity contribution is -0.138. The smallest absolute Gasteiger partial charge is 0.325 e. The number of amides is 3. The molecular weight excluding hydrogens is 390 g/mol. The van der Waals surface area contributed by atoms with Crippen LogP contribution in [-0.2, 0) is 10.3 Å². The van der Waals surface area contributed by atoms with Gasteiger partial charge in [0, 0.05) is 11.9 Å². The van der Waals surface area contributed by atoms with Crippen LogP contribution < -0.4 is 16.4 Å². The van der Waals surface area contributed by atoms with E-state index in [0.717, 1.165) is 0 Å². The molecule has 30 heavy (non-hydrogen) atoms. The molecule has 11 heteroatoms. The number of rotatable bonds is 7. The van der Waals surface area contributed by atoms with Crippen molar-refractivity contribution in [3.63, 3.8) is 0 Å². The van der Waals surface area contributed by atoms with Crippen molar-refractivity contribution in [2.45, 2.75) is 24.9 Å². The fraction of sp³-hybridized carbons (Fsp3) is 0.316. The summed E-state index contributed by atoms with van der Waals surface area (Å²) in [6, 6.07) is 9.57. The Hall–Kier alpha value is -4.07. The third-order valence-corrected chi connectivity index (χ3v) is 4.88. The molecule has 2 aromatic rings. The summed E-state index contributed by atoms with van der Waals surface area (Å²) in [4.78, 5) is 36.5. The van der Waals surface area contributed by atoms with E-state index in [2.05, 4.69) is 21.8 Å². The SMILES string of the molecule is C[C@H](NC(=O)N1CC(CC#N)(n2cc(C(N)=O)c(Nc3ccccc3)n2)C1)C(=O)O. The Kier molecular flexibility index (Phi) is 5.59. The number of carbonyl (C=O) groups excluding carboxylic acids is 2. The van der Waals surface area contributed by atoms with Crippen molar-refractivity contribution in [3.05, 3.63) is 42.1 Å². The van der Waals surface area contributed by atoms with E-state index >= 15 is 0 Å². The minimum atomic E-state index is -1.15. The van der Waals surface area contributed by atoms with Crippen LogP contribution in [0.3, 0.4) is 0 Å². The maximum atomic E-state index is 12.2. The highest BCUT2D eigenvalue weighted by Gasteiger charge is 2.48. The number of aromatic nitrogens is 2. The van der Waals surface area contributed by atoms with Gasteiger partial charge in [-0.3, -0.25) is 14.3 Å². The molecule has 0 unspecified atom stereocenters. The van der Waals surface area contributed by atoms with E-state index in [1.165, 1.54) is 22.7 Å². The van der Waals surface area contributed by atoms with E-state index in [-0.39, 0.29) is 30.9 Å².